The number of hydrogen-bond acceptors (Lipinski definition) is 6. The van der Waals surface area contributed by atoms with E-state index in [1.165, 1.54) is 35.0 Å². The molecule has 0 atom stereocenters. The molecule has 0 spiro atoms. The molecule has 188 valence electrons. The van der Waals surface area contributed by atoms with Gasteiger partial charge in [-0.05, 0) is 67.1 Å². The van der Waals surface area contributed by atoms with Crippen LogP contribution in [0.1, 0.15) is 27.0 Å². The molecule has 38 heavy (non-hydrogen) atoms. The minimum atomic E-state index is -1.10. The molecule has 5 rings (SSSR count). The van der Waals surface area contributed by atoms with Crippen molar-refractivity contribution in [2.45, 2.75) is 13.8 Å². The van der Waals surface area contributed by atoms with Gasteiger partial charge in [-0.3, -0.25) is 9.56 Å². The molecule has 4 aromatic carbocycles. The number of phenols is 1. The van der Waals surface area contributed by atoms with Gasteiger partial charge in [-0.2, -0.15) is 0 Å². The maximum Gasteiger partial charge on any atom is 0.335 e. The zero-order chi connectivity index (χ0) is 27.0. The van der Waals surface area contributed by atoms with E-state index in [2.05, 4.69) is 16.2 Å². The first-order chi connectivity index (χ1) is 18.3. The molecule has 0 radical (unpaired) electrons. The monoisotopic (exact) mass is 505 g/mol. The molecular weight excluding hydrogens is 482 g/mol. The molecule has 0 bridgehead atoms. The van der Waals surface area contributed by atoms with E-state index in [0.29, 0.717) is 27.8 Å². The number of hydrogen-bond donors (Lipinski definition) is 3. The average molecular weight is 506 g/mol. The van der Waals surface area contributed by atoms with Crippen LogP contribution in [0.4, 0.5) is 11.4 Å². The van der Waals surface area contributed by atoms with Gasteiger partial charge in [-0.15, -0.1) is 4.91 Å². The Morgan fingerprint density at radius 1 is 0.895 bits per heavy atom. The number of aromatic nitrogens is 1. The molecule has 0 amide bonds. The van der Waals surface area contributed by atoms with Crippen molar-refractivity contribution in [3.63, 3.8) is 0 Å². The van der Waals surface area contributed by atoms with Crippen LogP contribution in [0.2, 0.25) is 0 Å². The first-order valence-electron chi connectivity index (χ1n) is 11.8. The highest BCUT2D eigenvalue weighted by Gasteiger charge is 2.19. The largest absolute Gasteiger partial charge is 0.505 e. The Hall–Kier alpha value is -5.24. The Kier molecular flexibility index (Phi) is 6.22. The van der Waals surface area contributed by atoms with Gasteiger partial charge in [-0.1, -0.05) is 47.5 Å². The van der Waals surface area contributed by atoms with Crippen molar-refractivity contribution < 1.29 is 20.1 Å². The predicted octanol–water partition coefficient (Wildman–Crippen LogP) is 7.17. The predicted molar refractivity (Wildman–Crippen MR) is 148 cm³/mol. The van der Waals surface area contributed by atoms with Crippen LogP contribution in [-0.2, 0) is 0 Å². The number of benzene rings is 4. The maximum atomic E-state index is 11.5. The normalized spacial score (nSPS) is 11.3. The van der Waals surface area contributed by atoms with Gasteiger partial charge in [0.2, 0.25) is 5.88 Å². The molecule has 0 aliphatic rings. The van der Waals surface area contributed by atoms with Crippen molar-refractivity contribution in [3.8, 4) is 28.4 Å². The van der Waals surface area contributed by atoms with E-state index in [1.807, 2.05) is 32.0 Å². The Morgan fingerprint density at radius 3 is 2.34 bits per heavy atom. The molecule has 8 nitrogen and oxygen atoms in total. The number of rotatable bonds is 6. The summed E-state index contributed by atoms with van der Waals surface area (Å²) in [6.07, 6.45) is 1.41. The van der Waals surface area contributed by atoms with Crippen molar-refractivity contribution in [1.29, 1.82) is 0 Å². The lowest BCUT2D eigenvalue weighted by Crippen LogP contribution is -1.99. The first kappa shape index (κ1) is 24.5. The number of fused-ring (bicyclic) bond motifs is 1. The zero-order valence-corrected chi connectivity index (χ0v) is 20.6. The zero-order valence-electron chi connectivity index (χ0n) is 20.6. The molecule has 1 aromatic heterocycles. The van der Waals surface area contributed by atoms with E-state index in [-0.39, 0.29) is 28.4 Å². The van der Waals surface area contributed by atoms with Crippen molar-refractivity contribution in [2.24, 2.45) is 10.2 Å². The van der Waals surface area contributed by atoms with Crippen molar-refractivity contribution >= 4 is 34.5 Å². The topological polar surface area (TPSA) is 124 Å². The van der Waals surface area contributed by atoms with E-state index >= 15 is 0 Å². The number of aromatic hydroxyl groups is 2. The van der Waals surface area contributed by atoms with Crippen molar-refractivity contribution in [3.05, 3.63) is 106 Å². The number of para-hydroxylation sites is 1. The summed E-state index contributed by atoms with van der Waals surface area (Å²) >= 11 is 0. The highest BCUT2D eigenvalue weighted by Crippen LogP contribution is 2.39. The fraction of sp³-hybridized carbons (Fsp3) is 0.0667. The van der Waals surface area contributed by atoms with Crippen LogP contribution in [-0.4, -0.2) is 32.1 Å². The van der Waals surface area contributed by atoms with E-state index in [1.54, 1.807) is 30.3 Å². The highest BCUT2D eigenvalue weighted by atomic mass is 16.4. The number of aliphatic imine (C=N–C) groups is 1. The van der Waals surface area contributed by atoms with Gasteiger partial charge in [0.05, 0.1) is 16.6 Å². The second-order valence-corrected chi connectivity index (χ2v) is 9.03. The van der Waals surface area contributed by atoms with Crippen LogP contribution >= 0.6 is 0 Å². The smallest absolute Gasteiger partial charge is 0.335 e. The summed E-state index contributed by atoms with van der Waals surface area (Å²) in [6.45, 7) is 3.98. The van der Waals surface area contributed by atoms with Gasteiger partial charge >= 0.3 is 5.97 Å². The van der Waals surface area contributed by atoms with Gasteiger partial charge < -0.3 is 15.3 Å². The summed E-state index contributed by atoms with van der Waals surface area (Å²) in [5.74, 6) is -1.32. The van der Waals surface area contributed by atoms with Gasteiger partial charge in [0.25, 0.3) is 0 Å². The number of nitroso groups, excluding NO2 is 1. The van der Waals surface area contributed by atoms with Gasteiger partial charge in [0, 0.05) is 22.9 Å². The van der Waals surface area contributed by atoms with Gasteiger partial charge in [0.15, 0.2) is 0 Å². The summed E-state index contributed by atoms with van der Waals surface area (Å²) in [4.78, 5) is 27.2. The number of aromatic carboxylic acids is 1. The van der Waals surface area contributed by atoms with E-state index in [0.717, 1.165) is 16.7 Å². The lowest BCUT2D eigenvalue weighted by molar-refractivity contribution is 0.0696. The van der Waals surface area contributed by atoms with Crippen LogP contribution in [0.25, 0.3) is 27.7 Å². The van der Waals surface area contributed by atoms with Crippen molar-refractivity contribution in [1.82, 2.24) is 4.57 Å². The summed E-state index contributed by atoms with van der Waals surface area (Å²) in [6, 6.07) is 22.0. The molecule has 0 fully saturated rings. The van der Waals surface area contributed by atoms with Crippen LogP contribution < -0.4 is 0 Å². The molecule has 0 unspecified atom stereocenters. The average Bonchev–Trinajstić information content (AvgIpc) is 3.17. The summed E-state index contributed by atoms with van der Waals surface area (Å²) in [5, 5.41) is 35.2. The van der Waals surface area contributed by atoms with Crippen LogP contribution in [0.3, 0.4) is 0 Å². The molecule has 0 aliphatic heterocycles. The molecular formula is C30H23N3O5. The quantitative estimate of drug-likeness (QED) is 0.167. The van der Waals surface area contributed by atoms with Crippen LogP contribution in [0, 0.1) is 18.8 Å². The van der Waals surface area contributed by atoms with E-state index < -0.39 is 5.97 Å². The fourth-order valence-electron chi connectivity index (χ4n) is 4.65. The Morgan fingerprint density at radius 2 is 1.63 bits per heavy atom. The van der Waals surface area contributed by atoms with E-state index in [9.17, 15) is 25.0 Å². The lowest BCUT2D eigenvalue weighted by Gasteiger charge is -2.09. The molecule has 8 heteroatoms. The lowest BCUT2D eigenvalue weighted by atomic mass is 9.99. The van der Waals surface area contributed by atoms with E-state index in [4.69, 9.17) is 0 Å². The highest BCUT2D eigenvalue weighted by molar-refractivity contribution is 6.05. The standard InChI is InChI=1S/C30H23N3O5/c1-17-11-18(2)13-20(12-17)23-7-4-8-26(28(23)34)31-16-25-24-15-21(32-38)9-10-27(24)33(29(25)35)22-6-3-5-19(14-22)30(36)37/h3-16,34-35H,1-2H3,(H,36,37). The molecule has 5 aromatic rings. The number of aryl methyl sites for hydroxylation is 2. The fourth-order valence-corrected chi connectivity index (χ4v) is 4.65. The first-order valence-corrected chi connectivity index (χ1v) is 11.8. The third kappa shape index (κ3) is 4.39. The summed E-state index contributed by atoms with van der Waals surface area (Å²) in [7, 11) is 0. The van der Waals surface area contributed by atoms with Gasteiger partial charge in [0.1, 0.15) is 17.1 Å². The number of carboxylic acid groups (broad SMARTS) is 1. The number of carboxylic acids is 1. The van der Waals surface area contributed by atoms with Gasteiger partial charge in [-0.25, -0.2) is 4.79 Å². The molecule has 0 saturated heterocycles. The molecule has 3 N–H and O–H groups in total. The third-order valence-corrected chi connectivity index (χ3v) is 6.30. The Labute approximate surface area is 217 Å². The summed E-state index contributed by atoms with van der Waals surface area (Å²) < 4.78 is 1.48. The number of phenolic OH excluding ortho intramolecular Hbond substituents is 1. The van der Waals surface area contributed by atoms with Crippen molar-refractivity contribution in [2.75, 3.05) is 0 Å². The molecule has 1 heterocycles. The third-order valence-electron chi connectivity index (χ3n) is 6.30. The maximum absolute atomic E-state index is 11.5. The SMILES string of the molecule is Cc1cc(C)cc(-c2cccc(N=Cc3c(O)n(-c4cccc(C(=O)O)c4)c4ccc(N=O)cc34)c2O)c1. The number of carbonyl (C=O) groups is 1. The van der Waals surface area contributed by atoms with Crippen LogP contribution in [0.5, 0.6) is 11.6 Å². The summed E-state index contributed by atoms with van der Waals surface area (Å²) in [5.41, 5.74) is 5.33. The Bertz CT molecular complexity index is 1750. The minimum Gasteiger partial charge on any atom is -0.505 e. The molecule has 0 saturated carbocycles. The Balaban J connectivity index is 1.66. The minimum absolute atomic E-state index is 0.0126. The second-order valence-electron chi connectivity index (χ2n) is 9.03. The second kappa shape index (κ2) is 9.67. The van der Waals surface area contributed by atoms with Crippen LogP contribution in [0.15, 0.2) is 89.0 Å². The molecule has 0 aliphatic carbocycles. The number of nitrogens with zero attached hydrogens (tertiary/aromatic N) is 3.